The molecule has 0 bridgehead atoms. The Morgan fingerprint density at radius 2 is 1.69 bits per heavy atom. The van der Waals surface area contributed by atoms with Gasteiger partial charge in [0, 0.05) is 12.6 Å². The fourth-order valence-electron chi connectivity index (χ4n) is 4.61. The Bertz CT molecular complexity index is 1160. The first-order valence-electron chi connectivity index (χ1n) is 11.9. The highest BCUT2D eigenvalue weighted by molar-refractivity contribution is 5.93. The third-order valence-corrected chi connectivity index (χ3v) is 6.68. The molecule has 0 radical (unpaired) electrons. The van der Waals surface area contributed by atoms with E-state index in [0.717, 1.165) is 35.4 Å². The van der Waals surface area contributed by atoms with Gasteiger partial charge in [0.1, 0.15) is 29.5 Å². The van der Waals surface area contributed by atoms with Crippen molar-refractivity contribution < 1.29 is 27.6 Å². The minimum absolute atomic E-state index is 0.0785. The Morgan fingerprint density at radius 1 is 1.06 bits per heavy atom. The lowest BCUT2D eigenvalue weighted by atomic mass is 10.0. The number of nitrogens with two attached hydrogens (primary N) is 1. The number of hydrogen-bond acceptors (Lipinski definition) is 3. The summed E-state index contributed by atoms with van der Waals surface area (Å²) >= 11 is 0. The zero-order chi connectivity index (χ0) is 26.0. The molecule has 1 fully saturated rings. The topological polar surface area (TPSA) is 83.7 Å². The monoisotopic (exact) mass is 499 g/mol. The number of carbonyl (C=O) groups is 3. The van der Waals surface area contributed by atoms with Crippen LogP contribution in [0.1, 0.15) is 43.4 Å². The smallest absolute Gasteiger partial charge is 0.246 e. The average Bonchev–Trinajstić information content (AvgIpc) is 3.64. The van der Waals surface area contributed by atoms with Gasteiger partial charge in [0.15, 0.2) is 0 Å². The molecule has 0 spiro atoms. The molecule has 2 N–H and O–H groups in total. The van der Waals surface area contributed by atoms with Gasteiger partial charge in [0.25, 0.3) is 0 Å². The van der Waals surface area contributed by atoms with Crippen molar-refractivity contribution in [3.05, 3.63) is 83.2 Å². The Morgan fingerprint density at radius 3 is 2.28 bits per heavy atom. The highest BCUT2D eigenvalue weighted by atomic mass is 19.1. The zero-order valence-electron chi connectivity index (χ0n) is 19.9. The van der Waals surface area contributed by atoms with E-state index in [1.807, 2.05) is 6.08 Å². The predicted octanol–water partition coefficient (Wildman–Crippen LogP) is 3.66. The SMILES string of the molecule is C[C@@H](C(N)=O)N(C(=O)Cc1cc(F)cc(F)c1)[C@@H]1CC=C[C@@H](c2ccc(F)cc2)N(CC2CC2)C1=O. The summed E-state index contributed by atoms with van der Waals surface area (Å²) < 4.78 is 41.0. The third kappa shape index (κ3) is 5.78. The molecule has 3 amide bonds. The van der Waals surface area contributed by atoms with Crippen LogP contribution in [0, 0.1) is 23.4 Å². The van der Waals surface area contributed by atoms with Crippen molar-refractivity contribution in [1.29, 1.82) is 0 Å². The molecule has 1 aliphatic carbocycles. The minimum Gasteiger partial charge on any atom is -0.368 e. The molecule has 1 saturated carbocycles. The Balaban J connectivity index is 1.67. The van der Waals surface area contributed by atoms with Crippen LogP contribution >= 0.6 is 0 Å². The maximum Gasteiger partial charge on any atom is 0.246 e. The summed E-state index contributed by atoms with van der Waals surface area (Å²) in [6.07, 6.45) is 5.26. The Hall–Kier alpha value is -3.62. The molecule has 36 heavy (non-hydrogen) atoms. The number of hydrogen-bond donors (Lipinski definition) is 1. The molecule has 2 aromatic carbocycles. The van der Waals surface area contributed by atoms with Gasteiger partial charge >= 0.3 is 0 Å². The summed E-state index contributed by atoms with van der Waals surface area (Å²) in [5, 5.41) is 0. The standard InChI is InChI=1S/C27H28F3N3O3/c1-16(26(31)35)33(25(34)13-18-11-21(29)14-22(30)12-18)24-4-2-3-23(19-7-9-20(28)10-8-19)32(27(24)36)15-17-5-6-17/h2-3,7-12,14,16-17,23-24H,4-6,13,15H2,1H3,(H2,31,35)/t16-,23-,24+/m0/s1. The van der Waals surface area contributed by atoms with E-state index < -0.39 is 53.8 Å². The maximum atomic E-state index is 13.9. The number of rotatable bonds is 8. The fourth-order valence-corrected chi connectivity index (χ4v) is 4.61. The van der Waals surface area contributed by atoms with Gasteiger partial charge in [-0.1, -0.05) is 24.3 Å². The molecule has 1 aliphatic heterocycles. The van der Waals surface area contributed by atoms with Gasteiger partial charge < -0.3 is 15.5 Å². The summed E-state index contributed by atoms with van der Waals surface area (Å²) in [7, 11) is 0. The fraction of sp³-hybridized carbons (Fsp3) is 0.370. The number of amides is 3. The van der Waals surface area contributed by atoms with Crippen molar-refractivity contribution >= 4 is 17.7 Å². The summed E-state index contributed by atoms with van der Waals surface area (Å²) in [6.45, 7) is 1.88. The van der Waals surface area contributed by atoms with Crippen LogP contribution in [0.5, 0.6) is 0 Å². The summed E-state index contributed by atoms with van der Waals surface area (Å²) in [5.41, 5.74) is 6.33. The van der Waals surface area contributed by atoms with E-state index in [2.05, 4.69) is 0 Å². The van der Waals surface area contributed by atoms with E-state index >= 15 is 0 Å². The van der Waals surface area contributed by atoms with Crippen LogP contribution in [0.2, 0.25) is 0 Å². The van der Waals surface area contributed by atoms with E-state index in [4.69, 9.17) is 5.73 Å². The number of nitrogens with zero attached hydrogens (tertiary/aromatic N) is 2. The second-order valence-electron chi connectivity index (χ2n) is 9.44. The number of halogens is 3. The summed E-state index contributed by atoms with van der Waals surface area (Å²) in [5.74, 6) is -3.57. The second kappa shape index (κ2) is 10.6. The normalized spacial score (nSPS) is 20.7. The molecule has 6 nitrogen and oxygen atoms in total. The largest absolute Gasteiger partial charge is 0.368 e. The van der Waals surface area contributed by atoms with Crippen LogP contribution in [0.3, 0.4) is 0 Å². The lowest BCUT2D eigenvalue weighted by Gasteiger charge is -2.38. The quantitative estimate of drug-likeness (QED) is 0.563. The third-order valence-electron chi connectivity index (χ3n) is 6.68. The van der Waals surface area contributed by atoms with Crippen LogP contribution in [0.4, 0.5) is 13.2 Å². The van der Waals surface area contributed by atoms with Gasteiger partial charge in [-0.2, -0.15) is 0 Å². The van der Waals surface area contributed by atoms with E-state index in [1.54, 1.807) is 23.1 Å². The molecule has 3 atom stereocenters. The van der Waals surface area contributed by atoms with Gasteiger partial charge in [0.05, 0.1) is 12.5 Å². The van der Waals surface area contributed by atoms with Crippen LogP contribution in [0.25, 0.3) is 0 Å². The molecule has 0 unspecified atom stereocenters. The van der Waals surface area contributed by atoms with Gasteiger partial charge in [-0.05, 0) is 67.5 Å². The molecular formula is C27H28F3N3O3. The molecule has 9 heteroatoms. The second-order valence-corrected chi connectivity index (χ2v) is 9.44. The van der Waals surface area contributed by atoms with Gasteiger partial charge in [-0.15, -0.1) is 0 Å². The van der Waals surface area contributed by atoms with Crippen LogP contribution in [-0.4, -0.2) is 46.1 Å². The molecule has 2 aliphatic rings. The van der Waals surface area contributed by atoms with E-state index in [9.17, 15) is 27.6 Å². The predicted molar refractivity (Wildman–Crippen MR) is 127 cm³/mol. The van der Waals surface area contributed by atoms with Crippen molar-refractivity contribution in [3.8, 4) is 0 Å². The van der Waals surface area contributed by atoms with Crippen molar-refractivity contribution in [1.82, 2.24) is 9.80 Å². The van der Waals surface area contributed by atoms with Crippen LogP contribution < -0.4 is 5.73 Å². The van der Waals surface area contributed by atoms with E-state index in [-0.39, 0.29) is 17.9 Å². The van der Waals surface area contributed by atoms with Gasteiger partial charge in [-0.3, -0.25) is 14.4 Å². The molecular weight excluding hydrogens is 471 g/mol. The first-order valence-corrected chi connectivity index (χ1v) is 11.9. The Labute approximate surface area is 207 Å². The van der Waals surface area contributed by atoms with Gasteiger partial charge in [0.2, 0.25) is 17.7 Å². The van der Waals surface area contributed by atoms with E-state index in [1.165, 1.54) is 19.1 Å². The molecule has 2 aromatic rings. The van der Waals surface area contributed by atoms with Crippen molar-refractivity contribution in [3.63, 3.8) is 0 Å². The van der Waals surface area contributed by atoms with Crippen LogP contribution in [-0.2, 0) is 20.8 Å². The first-order chi connectivity index (χ1) is 17.1. The maximum absolute atomic E-state index is 13.9. The lowest BCUT2D eigenvalue weighted by Crippen LogP contribution is -2.57. The number of primary amides is 1. The van der Waals surface area contributed by atoms with Crippen molar-refractivity contribution in [2.75, 3.05) is 6.54 Å². The number of benzene rings is 2. The molecule has 1 heterocycles. The first kappa shape index (κ1) is 25.5. The lowest BCUT2D eigenvalue weighted by molar-refractivity contribution is -0.150. The van der Waals surface area contributed by atoms with Crippen molar-refractivity contribution in [2.45, 2.75) is 50.7 Å². The minimum atomic E-state index is -1.14. The van der Waals surface area contributed by atoms with Gasteiger partial charge in [-0.25, -0.2) is 13.2 Å². The number of carbonyl (C=O) groups excluding carboxylic acids is 3. The van der Waals surface area contributed by atoms with Crippen molar-refractivity contribution in [2.24, 2.45) is 11.7 Å². The summed E-state index contributed by atoms with van der Waals surface area (Å²) in [6, 6.07) is 6.01. The Kier molecular flexibility index (Phi) is 7.47. The molecule has 190 valence electrons. The molecule has 0 saturated heterocycles. The molecule has 0 aromatic heterocycles. The molecule has 4 rings (SSSR count). The zero-order valence-corrected chi connectivity index (χ0v) is 19.9. The van der Waals surface area contributed by atoms with E-state index in [0.29, 0.717) is 18.5 Å². The highest BCUT2D eigenvalue weighted by Crippen LogP contribution is 2.36. The summed E-state index contributed by atoms with van der Waals surface area (Å²) in [4.78, 5) is 42.3. The highest BCUT2D eigenvalue weighted by Gasteiger charge is 2.41. The van der Waals surface area contributed by atoms with Crippen LogP contribution in [0.15, 0.2) is 54.6 Å². The average molecular weight is 500 g/mol.